The van der Waals surface area contributed by atoms with E-state index in [1.807, 2.05) is 0 Å². The second kappa shape index (κ2) is 4.91. The Morgan fingerprint density at radius 3 is 2.64 bits per heavy atom. The molecule has 5 heteroatoms. The number of rotatable bonds is 7. The number of nitrogens with one attached hydrogen (secondary N) is 1. The lowest BCUT2D eigenvalue weighted by atomic mass is 10.2. The van der Waals surface area contributed by atoms with Gasteiger partial charge in [-0.3, -0.25) is 0 Å². The van der Waals surface area contributed by atoms with Crippen LogP contribution in [0.3, 0.4) is 0 Å². The molecular formula is C9H18N2O2S. The van der Waals surface area contributed by atoms with Crippen molar-refractivity contribution in [1.29, 1.82) is 0 Å². The largest absolute Gasteiger partial charge is 0.329 e. The van der Waals surface area contributed by atoms with Crippen LogP contribution in [-0.2, 0) is 10.0 Å². The molecule has 1 aliphatic carbocycles. The average Bonchev–Trinajstić information content (AvgIpc) is 2.94. The molecule has 0 radical (unpaired) electrons. The third kappa shape index (κ3) is 3.77. The van der Waals surface area contributed by atoms with Crippen molar-refractivity contribution in [1.82, 2.24) is 4.72 Å². The Morgan fingerprint density at radius 1 is 1.57 bits per heavy atom. The number of hydrogen-bond donors (Lipinski definition) is 2. The Labute approximate surface area is 85.6 Å². The second-order valence-electron chi connectivity index (χ2n) is 3.69. The molecule has 1 rings (SSSR count). The zero-order chi connectivity index (χ0) is 10.6. The van der Waals surface area contributed by atoms with Gasteiger partial charge in [-0.15, -0.1) is 6.58 Å². The Kier molecular flexibility index (Phi) is 4.10. The van der Waals surface area contributed by atoms with E-state index in [0.717, 1.165) is 12.8 Å². The summed E-state index contributed by atoms with van der Waals surface area (Å²) < 4.78 is 25.6. The molecule has 0 bridgehead atoms. The highest BCUT2D eigenvalue weighted by atomic mass is 32.2. The first kappa shape index (κ1) is 11.7. The maximum absolute atomic E-state index is 11.5. The Balaban J connectivity index is 2.42. The van der Waals surface area contributed by atoms with Gasteiger partial charge in [0.05, 0.1) is 5.75 Å². The van der Waals surface area contributed by atoms with E-state index in [4.69, 9.17) is 5.73 Å². The van der Waals surface area contributed by atoms with Crippen LogP contribution in [0.4, 0.5) is 0 Å². The molecule has 0 amide bonds. The maximum atomic E-state index is 11.5. The van der Waals surface area contributed by atoms with Crippen LogP contribution in [-0.4, -0.2) is 26.8 Å². The molecule has 0 aromatic rings. The normalized spacial score (nSPS) is 19.2. The van der Waals surface area contributed by atoms with Gasteiger partial charge in [-0.25, -0.2) is 13.1 Å². The molecule has 1 unspecified atom stereocenters. The van der Waals surface area contributed by atoms with E-state index >= 15 is 0 Å². The van der Waals surface area contributed by atoms with Gasteiger partial charge in [-0.05, 0) is 25.2 Å². The molecule has 4 nitrogen and oxygen atoms in total. The van der Waals surface area contributed by atoms with Gasteiger partial charge in [-0.2, -0.15) is 0 Å². The average molecular weight is 218 g/mol. The van der Waals surface area contributed by atoms with Gasteiger partial charge in [0.1, 0.15) is 0 Å². The zero-order valence-electron chi connectivity index (χ0n) is 8.28. The molecule has 14 heavy (non-hydrogen) atoms. The van der Waals surface area contributed by atoms with Crippen LogP contribution in [0.5, 0.6) is 0 Å². The van der Waals surface area contributed by atoms with Crippen molar-refractivity contribution < 1.29 is 8.42 Å². The molecule has 0 aromatic carbocycles. The predicted molar refractivity (Wildman–Crippen MR) is 57.3 cm³/mol. The topological polar surface area (TPSA) is 72.2 Å². The summed E-state index contributed by atoms with van der Waals surface area (Å²) >= 11 is 0. The van der Waals surface area contributed by atoms with Crippen molar-refractivity contribution in [3.63, 3.8) is 0 Å². The fourth-order valence-electron chi connectivity index (χ4n) is 1.36. The number of nitrogens with two attached hydrogens (primary N) is 1. The van der Waals surface area contributed by atoms with E-state index in [2.05, 4.69) is 11.3 Å². The molecule has 1 saturated carbocycles. The van der Waals surface area contributed by atoms with Gasteiger partial charge in [-0.1, -0.05) is 6.08 Å². The molecule has 1 fully saturated rings. The molecular weight excluding hydrogens is 200 g/mol. The highest BCUT2D eigenvalue weighted by Crippen LogP contribution is 2.32. The molecule has 0 heterocycles. The van der Waals surface area contributed by atoms with E-state index in [1.165, 1.54) is 0 Å². The minimum Gasteiger partial charge on any atom is -0.329 e. The third-order valence-corrected chi connectivity index (χ3v) is 3.80. The van der Waals surface area contributed by atoms with Crippen LogP contribution < -0.4 is 10.5 Å². The van der Waals surface area contributed by atoms with Crippen LogP contribution >= 0.6 is 0 Å². The highest BCUT2D eigenvalue weighted by Gasteiger charge is 2.32. The van der Waals surface area contributed by atoms with E-state index < -0.39 is 10.0 Å². The SMILES string of the molecule is C=CCCS(=O)(=O)NC(CN)C1CC1. The molecule has 0 spiro atoms. The van der Waals surface area contributed by atoms with Gasteiger partial charge in [0.2, 0.25) is 10.0 Å². The van der Waals surface area contributed by atoms with Crippen molar-refractivity contribution in [3.8, 4) is 0 Å². The van der Waals surface area contributed by atoms with Gasteiger partial charge >= 0.3 is 0 Å². The minimum atomic E-state index is -3.16. The second-order valence-corrected chi connectivity index (χ2v) is 5.57. The molecule has 0 saturated heterocycles. The number of allylic oxidation sites excluding steroid dienone is 1. The molecule has 1 atom stereocenters. The van der Waals surface area contributed by atoms with E-state index in [1.54, 1.807) is 6.08 Å². The molecule has 0 aromatic heterocycles. The lowest BCUT2D eigenvalue weighted by molar-refractivity contribution is 0.519. The highest BCUT2D eigenvalue weighted by molar-refractivity contribution is 7.89. The van der Waals surface area contributed by atoms with Gasteiger partial charge < -0.3 is 5.73 Å². The summed E-state index contributed by atoms with van der Waals surface area (Å²) in [6, 6.07) is -0.0650. The Bertz CT molecular complexity index is 283. The van der Waals surface area contributed by atoms with Crippen LogP contribution in [0.25, 0.3) is 0 Å². The van der Waals surface area contributed by atoms with E-state index in [-0.39, 0.29) is 11.8 Å². The fraction of sp³-hybridized carbons (Fsp3) is 0.778. The zero-order valence-corrected chi connectivity index (χ0v) is 9.09. The fourth-order valence-corrected chi connectivity index (χ4v) is 2.71. The predicted octanol–water partition coefficient (Wildman–Crippen LogP) is 0.219. The molecule has 1 aliphatic rings. The summed E-state index contributed by atoms with van der Waals surface area (Å²) in [5, 5.41) is 0. The van der Waals surface area contributed by atoms with Crippen molar-refractivity contribution in [3.05, 3.63) is 12.7 Å². The van der Waals surface area contributed by atoms with Crippen LogP contribution in [0.2, 0.25) is 0 Å². The summed E-state index contributed by atoms with van der Waals surface area (Å²) in [4.78, 5) is 0. The van der Waals surface area contributed by atoms with E-state index in [9.17, 15) is 8.42 Å². The van der Waals surface area contributed by atoms with Crippen molar-refractivity contribution in [2.24, 2.45) is 11.7 Å². The standard InChI is InChI=1S/C9H18N2O2S/c1-2-3-6-14(12,13)11-9(7-10)8-4-5-8/h2,8-9,11H,1,3-7,10H2. The summed E-state index contributed by atoms with van der Waals surface area (Å²) in [6.07, 6.45) is 4.27. The maximum Gasteiger partial charge on any atom is 0.212 e. The summed E-state index contributed by atoms with van der Waals surface area (Å²) in [5.41, 5.74) is 5.50. The van der Waals surface area contributed by atoms with Gasteiger partial charge in [0.25, 0.3) is 0 Å². The Morgan fingerprint density at radius 2 is 2.21 bits per heavy atom. The molecule has 3 N–H and O–H groups in total. The quantitative estimate of drug-likeness (QED) is 0.600. The molecule has 82 valence electrons. The third-order valence-electron chi connectivity index (χ3n) is 2.37. The minimum absolute atomic E-state index is 0.0650. The smallest absolute Gasteiger partial charge is 0.212 e. The monoisotopic (exact) mass is 218 g/mol. The van der Waals surface area contributed by atoms with Crippen LogP contribution in [0, 0.1) is 5.92 Å². The summed E-state index contributed by atoms with van der Waals surface area (Å²) in [5.74, 6) is 0.568. The first-order chi connectivity index (χ1) is 6.59. The van der Waals surface area contributed by atoms with Crippen molar-refractivity contribution in [2.75, 3.05) is 12.3 Å². The lowest BCUT2D eigenvalue weighted by Crippen LogP contribution is -2.42. The molecule has 0 aliphatic heterocycles. The van der Waals surface area contributed by atoms with Crippen LogP contribution in [0.1, 0.15) is 19.3 Å². The lowest BCUT2D eigenvalue weighted by Gasteiger charge is -2.15. The number of sulfonamides is 1. The Hall–Kier alpha value is -0.390. The van der Waals surface area contributed by atoms with Gasteiger partial charge in [0.15, 0.2) is 0 Å². The van der Waals surface area contributed by atoms with Crippen LogP contribution in [0.15, 0.2) is 12.7 Å². The van der Waals surface area contributed by atoms with Crippen molar-refractivity contribution in [2.45, 2.75) is 25.3 Å². The summed E-state index contributed by atoms with van der Waals surface area (Å²) in [7, 11) is -3.16. The summed E-state index contributed by atoms with van der Waals surface area (Å²) in [6.45, 7) is 3.88. The van der Waals surface area contributed by atoms with Crippen molar-refractivity contribution >= 4 is 10.0 Å². The first-order valence-corrected chi connectivity index (χ1v) is 6.55. The van der Waals surface area contributed by atoms with E-state index in [0.29, 0.717) is 18.9 Å². The van der Waals surface area contributed by atoms with Gasteiger partial charge in [0, 0.05) is 12.6 Å². The first-order valence-electron chi connectivity index (χ1n) is 4.90. The number of hydrogen-bond acceptors (Lipinski definition) is 3.